The maximum Gasteiger partial charge on any atom is 0.249 e. The number of hydrogen-bond donors (Lipinski definition) is 3. The summed E-state index contributed by atoms with van der Waals surface area (Å²) in [5.41, 5.74) is 0. The van der Waals surface area contributed by atoms with E-state index in [0.717, 1.165) is 32.1 Å². The highest BCUT2D eigenvalue weighted by molar-refractivity contribution is 5.80. The molecule has 0 aliphatic carbocycles. The van der Waals surface area contributed by atoms with Crippen LogP contribution in [0.15, 0.2) is 0 Å². The molecule has 48 heavy (non-hydrogen) atoms. The fourth-order valence-electron chi connectivity index (χ4n) is 5.76. The van der Waals surface area contributed by atoms with Crippen molar-refractivity contribution in [3.8, 4) is 0 Å². The van der Waals surface area contributed by atoms with Crippen LogP contribution in [0, 0.1) is 0 Å². The predicted molar refractivity (Wildman–Crippen MR) is 220 cm³/mol. The van der Waals surface area contributed by atoms with Crippen molar-refractivity contribution in [3.63, 3.8) is 0 Å². The van der Waals surface area contributed by atoms with Crippen LogP contribution in [-0.4, -0.2) is 34.9 Å². The molecule has 4 nitrogen and oxygen atoms in total. The first kappa shape index (κ1) is 56.8. The van der Waals surface area contributed by atoms with Crippen LogP contribution >= 0.6 is 0 Å². The van der Waals surface area contributed by atoms with Gasteiger partial charge in [0.25, 0.3) is 0 Å². The van der Waals surface area contributed by atoms with Gasteiger partial charge in [0.05, 0.1) is 12.6 Å². The Morgan fingerprint density at radius 2 is 0.646 bits per heavy atom. The molecule has 0 saturated heterocycles. The summed E-state index contributed by atoms with van der Waals surface area (Å²) in [4.78, 5) is 12.4. The topological polar surface area (TPSA) is 69.6 Å². The minimum Gasteiger partial charge on any atom is -0.394 e. The molecule has 0 aliphatic heterocycles. The Labute approximate surface area is 306 Å². The molecule has 0 radical (unpaired) electrons. The maximum atomic E-state index is 12.4. The fourth-order valence-corrected chi connectivity index (χ4v) is 5.76. The van der Waals surface area contributed by atoms with Gasteiger partial charge in [-0.3, -0.25) is 4.79 Å². The first-order valence-corrected chi connectivity index (χ1v) is 22.2. The Balaban J connectivity index is -0.000000711. The molecule has 0 heterocycles. The van der Waals surface area contributed by atoms with Crippen molar-refractivity contribution in [2.75, 3.05) is 6.61 Å². The number of aliphatic hydroxyl groups excluding tert-OH is 2. The first-order chi connectivity index (χ1) is 23.7. The van der Waals surface area contributed by atoms with Crippen molar-refractivity contribution in [1.29, 1.82) is 0 Å². The Hall–Kier alpha value is -0.610. The quantitative estimate of drug-likeness (QED) is 0.0601. The highest BCUT2D eigenvalue weighted by Crippen LogP contribution is 2.15. The highest BCUT2D eigenvalue weighted by Gasteiger charge is 2.18. The van der Waals surface area contributed by atoms with E-state index < -0.39 is 6.10 Å². The second-order valence-corrected chi connectivity index (χ2v) is 12.7. The third kappa shape index (κ3) is 52.2. The van der Waals surface area contributed by atoms with Crippen LogP contribution in [0.5, 0.6) is 0 Å². The van der Waals surface area contributed by atoms with Gasteiger partial charge >= 0.3 is 0 Å². The van der Waals surface area contributed by atoms with Crippen LogP contribution in [0.1, 0.15) is 262 Å². The highest BCUT2D eigenvalue weighted by atomic mass is 16.3. The molecule has 2 atom stereocenters. The van der Waals surface area contributed by atoms with Crippen molar-refractivity contribution in [2.24, 2.45) is 0 Å². The molecule has 0 saturated carbocycles. The van der Waals surface area contributed by atoms with Crippen LogP contribution < -0.4 is 5.32 Å². The van der Waals surface area contributed by atoms with Gasteiger partial charge in [0.15, 0.2) is 0 Å². The summed E-state index contributed by atoms with van der Waals surface area (Å²) in [6, 6.07) is -0.226. The van der Waals surface area contributed by atoms with E-state index in [2.05, 4.69) is 19.2 Å². The van der Waals surface area contributed by atoms with E-state index in [-0.39, 0.29) is 18.6 Å². The van der Waals surface area contributed by atoms with Gasteiger partial charge in [0, 0.05) is 0 Å². The van der Waals surface area contributed by atoms with E-state index in [1.807, 2.05) is 55.4 Å². The molecule has 0 aromatic rings. The van der Waals surface area contributed by atoms with Gasteiger partial charge < -0.3 is 15.5 Å². The third-order valence-corrected chi connectivity index (χ3v) is 8.61. The molecule has 1 unspecified atom stereocenters. The number of hydrogen-bond acceptors (Lipinski definition) is 3. The Kier molecular flexibility index (Phi) is 69.3. The minimum atomic E-state index is -0.942. The van der Waals surface area contributed by atoms with Gasteiger partial charge in [0.1, 0.15) is 6.10 Å². The second-order valence-electron chi connectivity index (χ2n) is 12.7. The molecule has 1 amide bonds. The average molecular weight is 688 g/mol. The predicted octanol–water partition coefficient (Wildman–Crippen LogP) is 14.7. The molecule has 0 rings (SSSR count). The minimum absolute atomic E-state index is 0.0459. The van der Waals surface area contributed by atoms with Gasteiger partial charge in [-0.15, -0.1) is 0 Å². The zero-order valence-electron chi connectivity index (χ0n) is 35.4. The normalized spacial score (nSPS) is 11.3. The summed E-state index contributed by atoms with van der Waals surface area (Å²) in [7, 11) is 0. The standard InChI is InChI=1S/C36H73NO3.4C2H6/c1-3-5-7-9-11-13-15-17-19-21-23-25-27-29-31-34(33-38)37-36(40)35(39)32-30-28-26-24-22-20-18-16-14-12-10-8-6-4-2;4*1-2/h34-35,38-39H,3-33H2,1-2H3,(H,37,40);4*1-2H3/t34-,35?;;;;/m1..../s1. The van der Waals surface area contributed by atoms with Crippen molar-refractivity contribution in [1.82, 2.24) is 5.32 Å². The molecular weight excluding hydrogens is 590 g/mol. The first-order valence-electron chi connectivity index (χ1n) is 22.2. The van der Waals surface area contributed by atoms with Crippen molar-refractivity contribution >= 4 is 5.91 Å². The summed E-state index contributed by atoms with van der Waals surface area (Å²) >= 11 is 0. The van der Waals surface area contributed by atoms with Gasteiger partial charge in [0.2, 0.25) is 5.91 Å². The number of carbonyl (C=O) groups is 1. The van der Waals surface area contributed by atoms with Crippen LogP contribution in [0.25, 0.3) is 0 Å². The van der Waals surface area contributed by atoms with E-state index >= 15 is 0 Å². The van der Waals surface area contributed by atoms with E-state index in [0.29, 0.717) is 6.42 Å². The molecule has 0 fully saturated rings. The summed E-state index contributed by atoms with van der Waals surface area (Å²) in [5.74, 6) is -0.306. The van der Waals surface area contributed by atoms with Crippen LogP contribution in [-0.2, 0) is 4.79 Å². The summed E-state index contributed by atoms with van der Waals surface area (Å²) < 4.78 is 0. The molecule has 296 valence electrons. The Morgan fingerprint density at radius 3 is 0.896 bits per heavy atom. The average Bonchev–Trinajstić information content (AvgIpc) is 3.14. The number of nitrogens with one attached hydrogen (secondary N) is 1. The van der Waals surface area contributed by atoms with Gasteiger partial charge in [-0.1, -0.05) is 249 Å². The lowest BCUT2D eigenvalue weighted by atomic mass is 10.0. The number of unbranched alkanes of at least 4 members (excludes halogenated alkanes) is 26. The molecule has 4 heteroatoms. The molecule has 0 aromatic heterocycles. The van der Waals surface area contributed by atoms with Crippen molar-refractivity contribution < 1.29 is 15.0 Å². The molecule has 3 N–H and O–H groups in total. The number of rotatable bonds is 33. The number of aliphatic hydroxyl groups is 2. The van der Waals surface area contributed by atoms with Crippen LogP contribution in [0.4, 0.5) is 0 Å². The largest absolute Gasteiger partial charge is 0.394 e. The van der Waals surface area contributed by atoms with E-state index in [9.17, 15) is 15.0 Å². The van der Waals surface area contributed by atoms with Gasteiger partial charge in [-0.2, -0.15) is 0 Å². The van der Waals surface area contributed by atoms with Crippen molar-refractivity contribution in [2.45, 2.75) is 274 Å². The Morgan fingerprint density at radius 1 is 0.417 bits per heavy atom. The third-order valence-electron chi connectivity index (χ3n) is 8.61. The molecule has 0 spiro atoms. The molecule has 0 aromatic carbocycles. The van der Waals surface area contributed by atoms with Gasteiger partial charge in [-0.25, -0.2) is 0 Å². The van der Waals surface area contributed by atoms with Gasteiger partial charge in [-0.05, 0) is 12.8 Å². The van der Waals surface area contributed by atoms with Crippen LogP contribution in [0.3, 0.4) is 0 Å². The van der Waals surface area contributed by atoms with Crippen LogP contribution in [0.2, 0.25) is 0 Å². The molecule has 0 aliphatic rings. The smallest absolute Gasteiger partial charge is 0.249 e. The monoisotopic (exact) mass is 688 g/mol. The lowest BCUT2D eigenvalue weighted by Crippen LogP contribution is -2.43. The zero-order valence-corrected chi connectivity index (χ0v) is 35.4. The molecular formula is C44H97NO3. The maximum absolute atomic E-state index is 12.4. The number of amides is 1. The number of carbonyl (C=O) groups excluding carboxylic acids is 1. The van der Waals surface area contributed by atoms with E-state index in [1.54, 1.807) is 0 Å². The summed E-state index contributed by atoms with van der Waals surface area (Å²) in [6.45, 7) is 20.5. The van der Waals surface area contributed by atoms with Crippen molar-refractivity contribution in [3.05, 3.63) is 0 Å². The Bertz CT molecular complexity index is 500. The SMILES string of the molecule is CC.CC.CC.CC.CCCCCCCCCCCCCCCCC(O)C(=O)N[C@@H](CO)CCCCCCCCCCCCCCCC. The summed E-state index contributed by atoms with van der Waals surface area (Å²) in [5, 5.41) is 22.8. The lowest BCUT2D eigenvalue weighted by molar-refractivity contribution is -0.130. The zero-order chi connectivity index (χ0) is 37.4. The summed E-state index contributed by atoms with van der Waals surface area (Å²) in [6.07, 6.45) is 37.2. The van der Waals surface area contributed by atoms with E-state index in [1.165, 1.54) is 154 Å². The lowest BCUT2D eigenvalue weighted by Gasteiger charge is -2.19. The fraction of sp³-hybridized carbons (Fsp3) is 0.977. The molecule has 0 bridgehead atoms. The van der Waals surface area contributed by atoms with E-state index in [4.69, 9.17) is 0 Å². The second kappa shape index (κ2) is 58.6.